The van der Waals surface area contributed by atoms with Gasteiger partial charge in [0.25, 0.3) is 21.8 Å². The number of sulfone groups is 2. The first-order valence-electron chi connectivity index (χ1n) is 9.46. The van der Waals surface area contributed by atoms with Gasteiger partial charge in [-0.15, -0.1) is 5.11 Å². The summed E-state index contributed by atoms with van der Waals surface area (Å²) in [4.78, 5) is 29.3. The fraction of sp³-hybridized carbons (Fsp3) is 0.0526. The van der Waals surface area contributed by atoms with Crippen molar-refractivity contribution in [3.8, 4) is 0 Å². The molecule has 36 heavy (non-hydrogen) atoms. The molecule has 0 heterocycles. The molecule has 0 atom stereocenters. The Balaban J connectivity index is 2.19. The second kappa shape index (κ2) is 9.92. The van der Waals surface area contributed by atoms with Crippen molar-refractivity contribution in [2.24, 2.45) is 10.2 Å². The van der Waals surface area contributed by atoms with E-state index in [4.69, 9.17) is 0 Å². The van der Waals surface area contributed by atoms with Crippen molar-refractivity contribution in [1.29, 1.82) is 0 Å². The van der Waals surface area contributed by atoms with Crippen LogP contribution in [0.5, 0.6) is 0 Å². The van der Waals surface area contributed by atoms with Gasteiger partial charge in [0.05, 0.1) is 24.6 Å². The Kier molecular flexibility index (Phi) is 7.16. The molecular formula is C19H13N5O10S2. The molecule has 0 spiro atoms. The third kappa shape index (κ3) is 5.20. The first kappa shape index (κ1) is 26.0. The molecule has 0 aliphatic heterocycles. The van der Waals surface area contributed by atoms with Crippen molar-refractivity contribution >= 4 is 42.4 Å². The number of benzene rings is 3. The van der Waals surface area contributed by atoms with E-state index in [9.17, 15) is 47.2 Å². The zero-order valence-corrected chi connectivity index (χ0v) is 19.3. The summed E-state index contributed by atoms with van der Waals surface area (Å²) in [6, 6.07) is 11.3. The van der Waals surface area contributed by atoms with E-state index in [1.54, 1.807) is 0 Å². The summed E-state index contributed by atoms with van der Waals surface area (Å²) in [6.45, 7) is 0. The molecule has 0 saturated carbocycles. The van der Waals surface area contributed by atoms with Gasteiger partial charge in [-0.05, 0) is 30.3 Å². The van der Waals surface area contributed by atoms with Crippen molar-refractivity contribution < 1.29 is 31.6 Å². The molecule has 3 rings (SSSR count). The number of hydrogen-bond acceptors (Lipinski definition) is 12. The van der Waals surface area contributed by atoms with Gasteiger partial charge in [0.2, 0.25) is 19.7 Å². The predicted molar refractivity (Wildman–Crippen MR) is 122 cm³/mol. The summed E-state index contributed by atoms with van der Waals surface area (Å²) < 4.78 is 50.5. The lowest BCUT2D eigenvalue weighted by atomic mass is 10.3. The number of azo groups is 1. The second-order valence-electron chi connectivity index (χ2n) is 6.86. The Morgan fingerprint density at radius 2 is 1.03 bits per heavy atom. The number of non-ortho nitro benzene ring substituents is 2. The molecule has 186 valence electrons. The third-order valence-corrected chi connectivity index (χ3v) is 9.25. The van der Waals surface area contributed by atoms with Crippen molar-refractivity contribution in [3.05, 3.63) is 103 Å². The van der Waals surface area contributed by atoms with E-state index in [1.807, 2.05) is 0 Å². The standard InChI is InChI=1S/C19H13N5O10S2/c25-22(26)13-5-9-15(10-6-13)35(31,32)19(21-20-17-3-1-2-4-18(17)24(29)30)36(33,34)16-11-7-14(8-12-16)23(27)28/h1-12,19H. The van der Waals surface area contributed by atoms with E-state index in [-0.39, 0.29) is 0 Å². The van der Waals surface area contributed by atoms with E-state index in [2.05, 4.69) is 10.2 Å². The number of para-hydroxylation sites is 1. The van der Waals surface area contributed by atoms with Crippen molar-refractivity contribution in [1.82, 2.24) is 0 Å². The quantitative estimate of drug-likeness (QED) is 0.219. The van der Waals surface area contributed by atoms with Gasteiger partial charge >= 0.3 is 0 Å². The Labute approximate surface area is 202 Å². The molecule has 0 aliphatic carbocycles. The summed E-state index contributed by atoms with van der Waals surface area (Å²) >= 11 is 0. The third-order valence-electron chi connectivity index (χ3n) is 4.62. The summed E-state index contributed by atoms with van der Waals surface area (Å²) in [6.07, 6.45) is 0. The lowest BCUT2D eigenvalue weighted by Gasteiger charge is -2.14. The largest absolute Gasteiger partial charge is 0.296 e. The summed E-state index contributed by atoms with van der Waals surface area (Å²) in [5, 5.41) is 39.9. The van der Waals surface area contributed by atoms with Crippen LogP contribution in [0, 0.1) is 30.3 Å². The number of nitro benzene ring substituents is 3. The Morgan fingerprint density at radius 3 is 1.42 bits per heavy atom. The zero-order valence-electron chi connectivity index (χ0n) is 17.6. The van der Waals surface area contributed by atoms with Gasteiger partial charge in [0.1, 0.15) is 0 Å². The molecule has 17 heteroatoms. The van der Waals surface area contributed by atoms with Crippen LogP contribution in [0.3, 0.4) is 0 Å². The molecule has 0 unspecified atom stereocenters. The van der Waals surface area contributed by atoms with Crippen LogP contribution >= 0.6 is 0 Å². The van der Waals surface area contributed by atoms with Crippen LogP contribution in [0.15, 0.2) is 92.8 Å². The van der Waals surface area contributed by atoms with Crippen LogP contribution in [0.1, 0.15) is 0 Å². The average molecular weight is 535 g/mol. The maximum atomic E-state index is 13.3. The van der Waals surface area contributed by atoms with E-state index in [0.29, 0.717) is 0 Å². The summed E-state index contributed by atoms with van der Waals surface area (Å²) in [5.41, 5.74) is -1.96. The van der Waals surface area contributed by atoms with Crippen LogP contribution in [0.2, 0.25) is 0 Å². The van der Waals surface area contributed by atoms with E-state index < -0.39 is 71.7 Å². The lowest BCUT2D eigenvalue weighted by molar-refractivity contribution is -0.385. The Morgan fingerprint density at radius 1 is 0.611 bits per heavy atom. The number of hydrogen-bond donors (Lipinski definition) is 0. The van der Waals surface area contributed by atoms with Crippen molar-refractivity contribution in [3.63, 3.8) is 0 Å². The first-order chi connectivity index (χ1) is 16.9. The molecule has 0 saturated heterocycles. The molecule has 3 aromatic rings. The van der Waals surface area contributed by atoms with E-state index >= 15 is 0 Å². The average Bonchev–Trinajstić information content (AvgIpc) is 2.84. The fourth-order valence-corrected chi connectivity index (χ4v) is 6.69. The van der Waals surface area contributed by atoms with Gasteiger partial charge in [-0.25, -0.2) is 16.8 Å². The highest BCUT2D eigenvalue weighted by molar-refractivity contribution is 8.09. The van der Waals surface area contributed by atoms with Crippen molar-refractivity contribution in [2.45, 2.75) is 14.5 Å². The lowest BCUT2D eigenvalue weighted by Crippen LogP contribution is -2.29. The minimum Gasteiger partial charge on any atom is -0.258 e. The minimum absolute atomic E-state index is 0.440. The molecular weight excluding hydrogens is 522 g/mol. The smallest absolute Gasteiger partial charge is 0.258 e. The maximum Gasteiger partial charge on any atom is 0.296 e. The number of nitrogens with zero attached hydrogens (tertiary/aromatic N) is 5. The van der Waals surface area contributed by atoms with Crippen LogP contribution < -0.4 is 0 Å². The summed E-state index contributed by atoms with van der Waals surface area (Å²) in [7, 11) is -9.91. The Hall–Kier alpha value is -4.64. The van der Waals surface area contributed by atoms with Gasteiger partial charge in [-0.1, -0.05) is 12.1 Å². The molecule has 0 fully saturated rings. The fourth-order valence-electron chi connectivity index (χ4n) is 2.85. The van der Waals surface area contributed by atoms with Crippen LogP contribution in [-0.4, -0.2) is 36.3 Å². The van der Waals surface area contributed by atoms with Crippen LogP contribution in [0.4, 0.5) is 22.7 Å². The van der Waals surface area contributed by atoms with E-state index in [1.165, 1.54) is 12.1 Å². The Bertz CT molecular complexity index is 1500. The minimum atomic E-state index is -4.95. The van der Waals surface area contributed by atoms with Gasteiger partial charge in [0, 0.05) is 30.3 Å². The molecule has 0 aliphatic rings. The topological polar surface area (TPSA) is 222 Å². The SMILES string of the molecule is O=[N+]([O-])c1ccc(S(=O)(=O)C(N=Nc2ccccc2[N+](=O)[O-])S(=O)(=O)c2ccc([N+](=O)[O-])cc2)cc1. The molecule has 0 amide bonds. The monoisotopic (exact) mass is 535 g/mol. The molecule has 0 aromatic heterocycles. The highest BCUT2D eigenvalue weighted by Crippen LogP contribution is 2.32. The number of nitro groups is 3. The molecule has 0 radical (unpaired) electrons. The van der Waals surface area contributed by atoms with Gasteiger partial charge in [-0.2, -0.15) is 5.11 Å². The van der Waals surface area contributed by atoms with Gasteiger partial charge < -0.3 is 0 Å². The van der Waals surface area contributed by atoms with Gasteiger partial charge in [0.15, 0.2) is 5.69 Å². The normalized spacial score (nSPS) is 12.0. The first-order valence-corrected chi connectivity index (χ1v) is 12.6. The maximum absolute atomic E-state index is 13.3. The highest BCUT2D eigenvalue weighted by Gasteiger charge is 2.41. The molecule has 0 bridgehead atoms. The predicted octanol–water partition coefficient (Wildman–Crippen LogP) is 3.73. The number of rotatable bonds is 9. The molecule has 15 nitrogen and oxygen atoms in total. The molecule has 0 N–H and O–H groups in total. The van der Waals surface area contributed by atoms with Crippen molar-refractivity contribution in [2.75, 3.05) is 0 Å². The molecule has 3 aromatic carbocycles. The second-order valence-corrected chi connectivity index (χ2v) is 11.2. The van der Waals surface area contributed by atoms with Crippen LogP contribution in [-0.2, 0) is 19.7 Å². The summed E-state index contributed by atoms with van der Waals surface area (Å²) in [5.74, 6) is 0. The van der Waals surface area contributed by atoms with E-state index in [0.717, 1.165) is 60.7 Å². The highest BCUT2D eigenvalue weighted by atomic mass is 32.3. The van der Waals surface area contributed by atoms with Crippen LogP contribution in [0.25, 0.3) is 0 Å². The van der Waals surface area contributed by atoms with Gasteiger partial charge in [-0.3, -0.25) is 30.3 Å². The zero-order chi connectivity index (χ0) is 26.7.